The van der Waals surface area contributed by atoms with E-state index >= 15 is 0 Å². The average Bonchev–Trinajstić information content (AvgIpc) is 2.26. The largest absolute Gasteiger partial charge is 0.367 e. The Hall–Kier alpha value is -1.15. The van der Waals surface area contributed by atoms with Gasteiger partial charge in [0.15, 0.2) is 5.78 Å². The van der Waals surface area contributed by atoms with Gasteiger partial charge in [0, 0.05) is 12.2 Å². The summed E-state index contributed by atoms with van der Waals surface area (Å²) in [6, 6.07) is 9.27. The minimum Gasteiger partial charge on any atom is -0.367 e. The van der Waals surface area contributed by atoms with Crippen LogP contribution in [0.5, 0.6) is 0 Å². The lowest BCUT2D eigenvalue weighted by Crippen LogP contribution is -2.35. The maximum absolute atomic E-state index is 12.0. The van der Waals surface area contributed by atoms with Crippen LogP contribution in [0.3, 0.4) is 0 Å². The number of carbonyl (C=O) groups excluding carboxylic acids is 1. The summed E-state index contributed by atoms with van der Waals surface area (Å²) in [5.41, 5.74) is -0.0178. The highest BCUT2D eigenvalue weighted by Crippen LogP contribution is 2.17. The van der Waals surface area contributed by atoms with Crippen LogP contribution in [0.15, 0.2) is 30.3 Å². The van der Waals surface area contributed by atoms with Crippen molar-refractivity contribution in [3.8, 4) is 0 Å². The number of benzene rings is 1. The van der Waals surface area contributed by atoms with Crippen LogP contribution in [0, 0.1) is 0 Å². The van der Waals surface area contributed by atoms with Crippen LogP contribution in [-0.4, -0.2) is 18.0 Å². The zero-order valence-electron chi connectivity index (χ0n) is 9.62. The summed E-state index contributed by atoms with van der Waals surface area (Å²) in [6.07, 6.45) is 0.922. The van der Waals surface area contributed by atoms with Gasteiger partial charge in [-0.05, 0) is 20.3 Å². The van der Waals surface area contributed by atoms with Crippen LogP contribution < -0.4 is 0 Å². The normalized spacial score (nSPS) is 11.4. The topological polar surface area (TPSA) is 26.3 Å². The molecule has 1 aromatic carbocycles. The van der Waals surface area contributed by atoms with Crippen molar-refractivity contribution in [1.29, 1.82) is 0 Å². The van der Waals surface area contributed by atoms with Crippen LogP contribution >= 0.6 is 0 Å². The fourth-order valence-corrected chi connectivity index (χ4v) is 1.36. The highest BCUT2D eigenvalue weighted by Gasteiger charge is 2.28. The number of hydrogen-bond acceptors (Lipinski definition) is 2. The molecule has 0 aliphatic rings. The lowest BCUT2D eigenvalue weighted by atomic mass is 9.96. The smallest absolute Gasteiger partial charge is 0.194 e. The Bertz CT molecular complexity index is 315. The summed E-state index contributed by atoms with van der Waals surface area (Å²) in [4.78, 5) is 12.0. The molecule has 0 aromatic heterocycles. The zero-order valence-corrected chi connectivity index (χ0v) is 9.62. The Morgan fingerprint density at radius 3 is 2.40 bits per heavy atom. The zero-order chi connectivity index (χ0) is 11.3. The molecule has 0 aliphatic carbocycles. The van der Waals surface area contributed by atoms with Crippen molar-refractivity contribution in [3.05, 3.63) is 35.9 Å². The van der Waals surface area contributed by atoms with E-state index in [1.807, 2.05) is 51.1 Å². The van der Waals surface area contributed by atoms with Gasteiger partial charge in [0.25, 0.3) is 0 Å². The molecule has 0 bridgehead atoms. The molecule has 0 N–H and O–H groups in total. The van der Waals surface area contributed by atoms with Gasteiger partial charge in [-0.25, -0.2) is 0 Å². The molecule has 0 spiro atoms. The second-order valence-electron chi connectivity index (χ2n) is 4.05. The number of hydrogen-bond donors (Lipinski definition) is 0. The Labute approximate surface area is 91.3 Å². The molecule has 0 amide bonds. The maximum Gasteiger partial charge on any atom is 0.194 e. The molecule has 1 rings (SSSR count). The Kier molecular flexibility index (Phi) is 4.04. The number of Topliss-reactive ketones (excluding diaryl/α,β-unsaturated/α-hetero) is 1. The summed E-state index contributed by atoms with van der Waals surface area (Å²) in [6.45, 7) is 6.28. The quantitative estimate of drug-likeness (QED) is 0.692. The van der Waals surface area contributed by atoms with E-state index in [9.17, 15) is 4.79 Å². The minimum atomic E-state index is -0.725. The lowest BCUT2D eigenvalue weighted by Gasteiger charge is -2.23. The first-order chi connectivity index (χ1) is 7.08. The van der Waals surface area contributed by atoms with Crippen molar-refractivity contribution in [2.45, 2.75) is 32.8 Å². The molecule has 0 heterocycles. The third kappa shape index (κ3) is 3.17. The number of rotatable bonds is 5. The van der Waals surface area contributed by atoms with Crippen LogP contribution in [0.4, 0.5) is 0 Å². The van der Waals surface area contributed by atoms with E-state index in [1.54, 1.807) is 0 Å². The monoisotopic (exact) mass is 206 g/mol. The maximum atomic E-state index is 12.0. The van der Waals surface area contributed by atoms with Gasteiger partial charge in [-0.3, -0.25) is 4.79 Å². The highest BCUT2D eigenvalue weighted by molar-refractivity contribution is 6.01. The van der Waals surface area contributed by atoms with Crippen LogP contribution in [0.2, 0.25) is 0 Å². The summed E-state index contributed by atoms with van der Waals surface area (Å²) in [7, 11) is 0. The average molecular weight is 206 g/mol. The molecule has 2 heteroatoms. The summed E-state index contributed by atoms with van der Waals surface area (Å²) < 4.78 is 5.55. The number of ether oxygens (including phenoxy) is 1. The van der Waals surface area contributed by atoms with Gasteiger partial charge < -0.3 is 4.74 Å². The van der Waals surface area contributed by atoms with Crippen LogP contribution in [0.25, 0.3) is 0 Å². The molecule has 0 radical (unpaired) electrons. The minimum absolute atomic E-state index is 0.0385. The van der Waals surface area contributed by atoms with Gasteiger partial charge >= 0.3 is 0 Å². The van der Waals surface area contributed by atoms with Crippen LogP contribution in [-0.2, 0) is 4.74 Å². The molecule has 0 atom stereocenters. The summed E-state index contributed by atoms with van der Waals surface area (Å²) in [5.74, 6) is 0.0385. The molecule has 82 valence electrons. The third-order valence-electron chi connectivity index (χ3n) is 2.25. The molecular formula is C13H18O2. The molecular weight excluding hydrogens is 188 g/mol. The second kappa shape index (κ2) is 5.08. The van der Waals surface area contributed by atoms with Crippen molar-refractivity contribution >= 4 is 5.78 Å². The van der Waals surface area contributed by atoms with Crippen molar-refractivity contribution in [3.63, 3.8) is 0 Å². The summed E-state index contributed by atoms with van der Waals surface area (Å²) in [5, 5.41) is 0. The van der Waals surface area contributed by atoms with E-state index < -0.39 is 5.60 Å². The van der Waals surface area contributed by atoms with E-state index in [4.69, 9.17) is 4.74 Å². The molecule has 15 heavy (non-hydrogen) atoms. The van der Waals surface area contributed by atoms with Crippen molar-refractivity contribution in [2.75, 3.05) is 6.61 Å². The molecule has 0 aliphatic heterocycles. The van der Waals surface area contributed by atoms with Gasteiger partial charge in [-0.2, -0.15) is 0 Å². The Balaban J connectivity index is 2.75. The molecule has 2 nitrogen and oxygen atoms in total. The molecule has 0 saturated heterocycles. The number of ketones is 1. The predicted octanol–water partition coefficient (Wildman–Crippen LogP) is 3.07. The first kappa shape index (κ1) is 11.9. The Morgan fingerprint density at radius 1 is 1.27 bits per heavy atom. The van der Waals surface area contributed by atoms with Crippen LogP contribution in [0.1, 0.15) is 37.6 Å². The first-order valence-corrected chi connectivity index (χ1v) is 5.31. The summed E-state index contributed by atoms with van der Waals surface area (Å²) >= 11 is 0. The number of carbonyl (C=O) groups is 1. The van der Waals surface area contributed by atoms with E-state index in [2.05, 4.69) is 0 Å². The fourth-order valence-electron chi connectivity index (χ4n) is 1.36. The van der Waals surface area contributed by atoms with Crippen molar-refractivity contribution in [2.24, 2.45) is 0 Å². The van der Waals surface area contributed by atoms with E-state index in [0.29, 0.717) is 12.2 Å². The first-order valence-electron chi connectivity index (χ1n) is 5.31. The lowest BCUT2D eigenvalue weighted by molar-refractivity contribution is -0.00413. The van der Waals surface area contributed by atoms with Crippen molar-refractivity contribution < 1.29 is 9.53 Å². The van der Waals surface area contributed by atoms with Gasteiger partial charge in [-0.15, -0.1) is 0 Å². The van der Waals surface area contributed by atoms with Gasteiger partial charge in [-0.1, -0.05) is 37.3 Å². The Morgan fingerprint density at radius 2 is 1.87 bits per heavy atom. The molecule has 0 saturated carbocycles. The van der Waals surface area contributed by atoms with Gasteiger partial charge in [0.05, 0.1) is 0 Å². The standard InChI is InChI=1S/C13H18O2/c1-4-10-15-13(2,3)12(14)11-8-6-5-7-9-11/h5-9H,4,10H2,1-3H3. The van der Waals surface area contributed by atoms with E-state index in [1.165, 1.54) is 0 Å². The third-order valence-corrected chi connectivity index (χ3v) is 2.25. The van der Waals surface area contributed by atoms with Gasteiger partial charge in [0.2, 0.25) is 0 Å². The second-order valence-corrected chi connectivity index (χ2v) is 4.05. The molecule has 0 fully saturated rings. The van der Waals surface area contributed by atoms with Crippen molar-refractivity contribution in [1.82, 2.24) is 0 Å². The van der Waals surface area contributed by atoms with E-state index in [-0.39, 0.29) is 5.78 Å². The van der Waals surface area contributed by atoms with Gasteiger partial charge in [0.1, 0.15) is 5.60 Å². The molecule has 1 aromatic rings. The SMILES string of the molecule is CCCOC(C)(C)C(=O)c1ccccc1. The predicted molar refractivity (Wildman–Crippen MR) is 61.1 cm³/mol. The highest BCUT2D eigenvalue weighted by atomic mass is 16.5. The van der Waals surface area contributed by atoms with E-state index in [0.717, 1.165) is 6.42 Å². The fraction of sp³-hybridized carbons (Fsp3) is 0.462. The molecule has 0 unspecified atom stereocenters.